The number of hydrogen-bond acceptors (Lipinski definition) is 12. The van der Waals surface area contributed by atoms with Crippen LogP contribution in [-0.4, -0.2) is 77.4 Å². The lowest BCUT2D eigenvalue weighted by Crippen LogP contribution is -2.08. The van der Waals surface area contributed by atoms with Gasteiger partial charge in [0, 0.05) is 37.5 Å². The van der Waals surface area contributed by atoms with Crippen LogP contribution in [-0.2, 0) is 28.6 Å². The van der Waals surface area contributed by atoms with E-state index in [1.807, 2.05) is 36.4 Å². The number of rotatable bonds is 33. The molecule has 342 valence electrons. The molecule has 4 aromatic carbocycles. The maximum absolute atomic E-state index is 11.7. The fraction of sp³-hybridized carbons (Fsp3) is 0.471. The van der Waals surface area contributed by atoms with Crippen LogP contribution in [0.1, 0.15) is 97.8 Å². The highest BCUT2D eigenvalue weighted by molar-refractivity contribution is 6.26. The van der Waals surface area contributed by atoms with Crippen molar-refractivity contribution in [1.82, 2.24) is 0 Å². The van der Waals surface area contributed by atoms with Crippen LogP contribution < -0.4 is 28.4 Å². The third-order valence-corrected chi connectivity index (χ3v) is 10.0. The van der Waals surface area contributed by atoms with Gasteiger partial charge in [0.2, 0.25) is 0 Å². The van der Waals surface area contributed by atoms with E-state index in [2.05, 4.69) is 40.5 Å². The Bertz CT molecular complexity index is 1860. The molecular weight excluding hydrogens is 805 g/mol. The molecule has 0 bridgehead atoms. The summed E-state index contributed by atoms with van der Waals surface area (Å²) < 4.78 is 54.2. The maximum Gasteiger partial charge on any atom is 0.330 e. The first-order chi connectivity index (χ1) is 30.8. The molecule has 0 saturated carbocycles. The second kappa shape index (κ2) is 27.9. The fourth-order valence-electron chi connectivity index (χ4n) is 6.71. The van der Waals surface area contributed by atoms with Crippen LogP contribution in [0.15, 0.2) is 74.4 Å². The van der Waals surface area contributed by atoms with Crippen molar-refractivity contribution in [1.29, 1.82) is 0 Å². The minimum atomic E-state index is -0.486. The highest BCUT2D eigenvalue weighted by Crippen LogP contribution is 2.47. The second-order valence-electron chi connectivity index (χ2n) is 14.9. The van der Waals surface area contributed by atoms with E-state index >= 15 is 0 Å². The summed E-state index contributed by atoms with van der Waals surface area (Å²) in [5.74, 6) is 1.95. The van der Waals surface area contributed by atoms with Crippen LogP contribution in [0.5, 0.6) is 34.5 Å². The van der Waals surface area contributed by atoms with Crippen molar-refractivity contribution in [2.45, 2.75) is 97.8 Å². The lowest BCUT2D eigenvalue weighted by molar-refractivity contribution is -0.138. The highest BCUT2D eigenvalue weighted by Gasteiger charge is 2.21. The van der Waals surface area contributed by atoms with Gasteiger partial charge in [-0.15, -0.1) is 0 Å². The van der Waals surface area contributed by atoms with Gasteiger partial charge < -0.3 is 42.6 Å². The van der Waals surface area contributed by atoms with E-state index in [4.69, 9.17) is 42.6 Å². The molecule has 4 rings (SSSR count). The Morgan fingerprint density at radius 1 is 0.349 bits per heavy atom. The van der Waals surface area contributed by atoms with Crippen molar-refractivity contribution in [3.63, 3.8) is 0 Å². The van der Waals surface area contributed by atoms with Crippen molar-refractivity contribution in [2.24, 2.45) is 0 Å². The number of fused-ring (bicyclic) bond motifs is 6. The first-order valence-corrected chi connectivity index (χ1v) is 22.5. The van der Waals surface area contributed by atoms with Crippen molar-refractivity contribution in [3.05, 3.63) is 74.4 Å². The predicted molar refractivity (Wildman–Crippen MR) is 248 cm³/mol. The van der Waals surface area contributed by atoms with Gasteiger partial charge in [-0.05, 0) is 88.0 Å². The van der Waals surface area contributed by atoms with E-state index in [0.717, 1.165) is 108 Å². The summed E-state index contributed by atoms with van der Waals surface area (Å²) >= 11 is 0. The summed E-state index contributed by atoms with van der Waals surface area (Å²) in [5.41, 5.74) is 0. The molecule has 0 heterocycles. The van der Waals surface area contributed by atoms with Gasteiger partial charge in [-0.3, -0.25) is 0 Å². The lowest BCUT2D eigenvalue weighted by atomic mass is 9.93. The van der Waals surface area contributed by atoms with Gasteiger partial charge in [-0.25, -0.2) is 14.4 Å². The average molecular weight is 871 g/mol. The SMILES string of the molecule is C=CC(=O)OCCCOc1cc2c(cc1OCCCCC)c1cc(OCCCOC(=O)C=C)c(OCCCCC)cc1c1cc(OCCCOC(=O)C=C)c(OCCCCC)cc21. The molecule has 0 atom stereocenters. The third-order valence-electron chi connectivity index (χ3n) is 10.0. The number of carbonyl (C=O) groups is 3. The second-order valence-corrected chi connectivity index (χ2v) is 14.9. The highest BCUT2D eigenvalue weighted by atomic mass is 16.6. The molecule has 4 aromatic rings. The zero-order chi connectivity index (χ0) is 45.2. The molecule has 12 nitrogen and oxygen atoms in total. The molecule has 0 N–H and O–H groups in total. The monoisotopic (exact) mass is 870 g/mol. The molecule has 12 heteroatoms. The number of carbonyl (C=O) groups excluding carboxylic acids is 3. The molecule has 0 spiro atoms. The van der Waals surface area contributed by atoms with Gasteiger partial charge >= 0.3 is 17.9 Å². The molecule has 0 radical (unpaired) electrons. The minimum absolute atomic E-state index is 0.180. The maximum atomic E-state index is 11.7. The first kappa shape index (κ1) is 49.7. The number of unbranched alkanes of at least 4 members (excludes halogenated alkanes) is 6. The van der Waals surface area contributed by atoms with E-state index < -0.39 is 17.9 Å². The van der Waals surface area contributed by atoms with Crippen LogP contribution in [0.2, 0.25) is 0 Å². The Balaban J connectivity index is 1.95. The summed E-state index contributed by atoms with van der Waals surface area (Å²) in [6, 6.07) is 12.1. The molecule has 0 fully saturated rings. The summed E-state index contributed by atoms with van der Waals surface area (Å²) in [4.78, 5) is 35.1. The van der Waals surface area contributed by atoms with Gasteiger partial charge in [0.15, 0.2) is 34.5 Å². The van der Waals surface area contributed by atoms with E-state index in [1.54, 1.807) is 0 Å². The average Bonchev–Trinajstić information content (AvgIpc) is 3.30. The van der Waals surface area contributed by atoms with Crippen LogP contribution in [0.4, 0.5) is 0 Å². The number of hydrogen-bond donors (Lipinski definition) is 0. The van der Waals surface area contributed by atoms with Gasteiger partial charge in [0.25, 0.3) is 0 Å². The largest absolute Gasteiger partial charge is 0.490 e. The Morgan fingerprint density at radius 3 is 0.746 bits per heavy atom. The van der Waals surface area contributed by atoms with Crippen molar-refractivity contribution in [3.8, 4) is 34.5 Å². The first-order valence-electron chi connectivity index (χ1n) is 22.5. The van der Waals surface area contributed by atoms with Crippen molar-refractivity contribution >= 4 is 50.2 Å². The van der Waals surface area contributed by atoms with E-state index in [1.165, 1.54) is 0 Å². The van der Waals surface area contributed by atoms with Crippen LogP contribution in [0, 0.1) is 0 Å². The van der Waals surface area contributed by atoms with Gasteiger partial charge in [-0.2, -0.15) is 0 Å². The van der Waals surface area contributed by atoms with E-state index in [9.17, 15) is 14.4 Å². The normalized spacial score (nSPS) is 10.9. The zero-order valence-corrected chi connectivity index (χ0v) is 37.6. The summed E-state index contributed by atoms with van der Waals surface area (Å²) in [5, 5.41) is 5.33. The molecule has 0 aliphatic rings. The summed E-state index contributed by atoms with van der Waals surface area (Å²) in [6.07, 6.45) is 13.6. The Kier molecular flexibility index (Phi) is 22.0. The minimum Gasteiger partial charge on any atom is -0.490 e. The zero-order valence-electron chi connectivity index (χ0n) is 37.6. The van der Waals surface area contributed by atoms with Gasteiger partial charge in [-0.1, -0.05) is 79.0 Å². The molecule has 0 aromatic heterocycles. The predicted octanol–water partition coefficient (Wildman–Crippen LogP) is 11.3. The summed E-state index contributed by atoms with van der Waals surface area (Å²) in [6.45, 7) is 19.7. The topological polar surface area (TPSA) is 134 Å². The smallest absolute Gasteiger partial charge is 0.330 e. The van der Waals surface area contributed by atoms with Crippen LogP contribution in [0.25, 0.3) is 32.3 Å². The van der Waals surface area contributed by atoms with E-state index in [0.29, 0.717) is 73.6 Å². The fourth-order valence-corrected chi connectivity index (χ4v) is 6.71. The quantitative estimate of drug-likeness (QED) is 0.0148. The van der Waals surface area contributed by atoms with Crippen molar-refractivity contribution in [2.75, 3.05) is 59.5 Å². The van der Waals surface area contributed by atoms with E-state index in [-0.39, 0.29) is 39.6 Å². The molecule has 0 saturated heterocycles. The lowest BCUT2D eigenvalue weighted by Gasteiger charge is -2.21. The summed E-state index contributed by atoms with van der Waals surface area (Å²) in [7, 11) is 0. The van der Waals surface area contributed by atoms with Gasteiger partial charge in [0.1, 0.15) is 0 Å². The molecular formula is C51H66O12. The third kappa shape index (κ3) is 15.7. The Morgan fingerprint density at radius 2 is 0.556 bits per heavy atom. The molecule has 0 unspecified atom stereocenters. The number of esters is 3. The van der Waals surface area contributed by atoms with Crippen LogP contribution in [0.3, 0.4) is 0 Å². The Hall–Kier alpha value is -5.91. The van der Waals surface area contributed by atoms with Gasteiger partial charge in [0.05, 0.1) is 59.5 Å². The molecule has 0 aliphatic carbocycles. The van der Waals surface area contributed by atoms with Crippen molar-refractivity contribution < 1.29 is 57.0 Å². The standard InChI is InChI=1S/C51H66O12/c1-7-13-16-22-55-43-31-37-40(34-46(43)58-25-19-28-61-49(52)10-4)38-32-44(56-23-17-14-8-2)48(60-27-21-30-63-51(54)12-6)36-42(38)39-33-45(57-24-18-15-9-3)47(35-41(37)39)59-26-20-29-62-50(53)11-5/h10-12,31-36H,4-9,13-30H2,1-3H3. The Labute approximate surface area is 372 Å². The number of ether oxygens (including phenoxy) is 9. The molecule has 0 aliphatic heterocycles. The van der Waals surface area contributed by atoms with Crippen LogP contribution >= 0.6 is 0 Å². The number of benzene rings is 4. The molecule has 63 heavy (non-hydrogen) atoms. The molecule has 0 amide bonds.